The van der Waals surface area contributed by atoms with Gasteiger partial charge in [-0.3, -0.25) is 9.89 Å². The molecule has 0 atom stereocenters. The van der Waals surface area contributed by atoms with Crippen LogP contribution in [0.3, 0.4) is 0 Å². The van der Waals surface area contributed by atoms with Crippen LogP contribution in [0.4, 0.5) is 8.78 Å². The van der Waals surface area contributed by atoms with Crippen LogP contribution < -0.4 is 20.1 Å². The largest absolute Gasteiger partial charge is 0.497 e. The van der Waals surface area contributed by atoms with Crippen LogP contribution in [-0.4, -0.2) is 57.9 Å². The van der Waals surface area contributed by atoms with E-state index in [4.69, 9.17) is 9.47 Å². The van der Waals surface area contributed by atoms with Crippen LogP contribution in [0, 0.1) is 0 Å². The Morgan fingerprint density at radius 2 is 1.73 bits per heavy atom. The molecule has 2 aromatic carbocycles. The highest BCUT2D eigenvalue weighted by Crippen LogP contribution is 2.25. The molecule has 0 spiro atoms. The highest BCUT2D eigenvalue weighted by molar-refractivity contribution is 14.0. The van der Waals surface area contributed by atoms with Crippen LogP contribution >= 0.6 is 24.0 Å². The van der Waals surface area contributed by atoms with Crippen LogP contribution in [-0.2, 0) is 24.4 Å². The van der Waals surface area contributed by atoms with Gasteiger partial charge in [0.05, 0.1) is 20.3 Å². The Labute approximate surface area is 210 Å². The van der Waals surface area contributed by atoms with Gasteiger partial charge in [0.25, 0.3) is 0 Å². The zero-order valence-corrected chi connectivity index (χ0v) is 21.2. The van der Waals surface area contributed by atoms with Gasteiger partial charge in [0.1, 0.15) is 11.5 Å². The predicted octanol–water partition coefficient (Wildman–Crippen LogP) is 3.61. The van der Waals surface area contributed by atoms with Crippen molar-refractivity contribution in [2.45, 2.75) is 26.2 Å². The van der Waals surface area contributed by atoms with E-state index in [0.717, 1.165) is 32.8 Å². The number of alkyl halides is 2. The summed E-state index contributed by atoms with van der Waals surface area (Å²) in [5.74, 6) is 1.21. The van der Waals surface area contributed by atoms with Gasteiger partial charge in [0, 0.05) is 45.3 Å². The molecule has 0 saturated carbocycles. The minimum Gasteiger partial charge on any atom is -0.497 e. The Morgan fingerprint density at radius 1 is 1.06 bits per heavy atom. The van der Waals surface area contributed by atoms with Crippen molar-refractivity contribution in [3.63, 3.8) is 0 Å². The molecule has 2 aromatic rings. The molecule has 0 amide bonds. The van der Waals surface area contributed by atoms with Crippen molar-refractivity contribution in [1.82, 2.24) is 15.5 Å². The number of hydrogen-bond donors (Lipinski definition) is 2. The number of hydrogen-bond acceptors (Lipinski definition) is 5. The molecule has 7 nitrogen and oxygen atoms in total. The summed E-state index contributed by atoms with van der Waals surface area (Å²) < 4.78 is 40.7. The SMILES string of the molecule is CN=C(NCc1ccccc1CN1CCOCC1)NCc1cc(OC)ccc1OC(F)F.I. The van der Waals surface area contributed by atoms with Gasteiger partial charge in [-0.2, -0.15) is 8.78 Å². The minimum absolute atomic E-state index is 0. The maximum atomic E-state index is 12.7. The summed E-state index contributed by atoms with van der Waals surface area (Å²) >= 11 is 0. The molecule has 0 unspecified atom stereocenters. The van der Waals surface area contributed by atoms with E-state index in [1.807, 2.05) is 12.1 Å². The lowest BCUT2D eigenvalue weighted by molar-refractivity contribution is -0.0505. The summed E-state index contributed by atoms with van der Waals surface area (Å²) in [7, 11) is 3.19. The molecule has 1 saturated heterocycles. The Kier molecular flexibility index (Phi) is 11.6. The third kappa shape index (κ3) is 8.59. The summed E-state index contributed by atoms with van der Waals surface area (Å²) in [5.41, 5.74) is 2.96. The van der Waals surface area contributed by atoms with Gasteiger partial charge in [-0.1, -0.05) is 24.3 Å². The van der Waals surface area contributed by atoms with Gasteiger partial charge < -0.3 is 24.8 Å². The summed E-state index contributed by atoms with van der Waals surface area (Å²) in [4.78, 5) is 6.62. The lowest BCUT2D eigenvalue weighted by atomic mass is 10.1. The molecule has 3 rings (SSSR count). The number of morpholine rings is 1. The monoisotopic (exact) mass is 576 g/mol. The Bertz CT molecular complexity index is 896. The average molecular weight is 576 g/mol. The molecule has 1 heterocycles. The van der Waals surface area contributed by atoms with E-state index in [0.29, 0.717) is 23.8 Å². The zero-order chi connectivity index (χ0) is 22.8. The fourth-order valence-electron chi connectivity index (χ4n) is 3.49. The average Bonchev–Trinajstić information content (AvgIpc) is 2.81. The second-order valence-corrected chi connectivity index (χ2v) is 7.29. The maximum absolute atomic E-state index is 12.7. The molecule has 33 heavy (non-hydrogen) atoms. The molecule has 2 N–H and O–H groups in total. The number of nitrogens with zero attached hydrogens (tertiary/aromatic N) is 2. The first-order chi connectivity index (χ1) is 15.6. The van der Waals surface area contributed by atoms with Crippen molar-refractivity contribution in [2.75, 3.05) is 40.5 Å². The Morgan fingerprint density at radius 3 is 2.36 bits per heavy atom. The lowest BCUT2D eigenvalue weighted by Crippen LogP contribution is -2.37. The van der Waals surface area contributed by atoms with Crippen molar-refractivity contribution in [3.05, 3.63) is 59.2 Å². The van der Waals surface area contributed by atoms with Gasteiger partial charge in [-0.05, 0) is 29.3 Å². The molecular formula is C23H31F2IN4O3. The van der Waals surface area contributed by atoms with Crippen LogP contribution in [0.5, 0.6) is 11.5 Å². The highest BCUT2D eigenvalue weighted by Gasteiger charge is 2.14. The summed E-state index contributed by atoms with van der Waals surface area (Å²) in [6.45, 7) is 2.17. The fourth-order valence-corrected chi connectivity index (χ4v) is 3.49. The van der Waals surface area contributed by atoms with Gasteiger partial charge in [-0.15, -0.1) is 24.0 Å². The first-order valence-electron chi connectivity index (χ1n) is 10.5. The van der Waals surface area contributed by atoms with Crippen LogP contribution in [0.2, 0.25) is 0 Å². The smallest absolute Gasteiger partial charge is 0.387 e. The zero-order valence-electron chi connectivity index (χ0n) is 18.9. The van der Waals surface area contributed by atoms with Crippen molar-refractivity contribution < 1.29 is 23.0 Å². The van der Waals surface area contributed by atoms with E-state index >= 15 is 0 Å². The highest BCUT2D eigenvalue weighted by atomic mass is 127. The molecule has 0 bridgehead atoms. The summed E-state index contributed by atoms with van der Waals surface area (Å²) in [6.07, 6.45) is 0. The first kappa shape index (κ1) is 27.1. The number of ether oxygens (including phenoxy) is 3. The normalized spacial score (nSPS) is 14.5. The first-order valence-corrected chi connectivity index (χ1v) is 10.5. The number of benzene rings is 2. The molecule has 1 fully saturated rings. The van der Waals surface area contributed by atoms with E-state index in [1.165, 1.54) is 24.3 Å². The molecule has 1 aliphatic heterocycles. The third-order valence-electron chi connectivity index (χ3n) is 5.22. The van der Waals surface area contributed by atoms with Gasteiger partial charge in [0.15, 0.2) is 5.96 Å². The molecular weight excluding hydrogens is 545 g/mol. The molecule has 0 aromatic heterocycles. The van der Waals surface area contributed by atoms with Crippen molar-refractivity contribution >= 4 is 29.9 Å². The quantitative estimate of drug-likeness (QED) is 0.270. The summed E-state index contributed by atoms with van der Waals surface area (Å²) in [5, 5.41) is 6.45. The van der Waals surface area contributed by atoms with Crippen LogP contribution in [0.25, 0.3) is 0 Å². The molecule has 182 valence electrons. The molecule has 1 aliphatic rings. The van der Waals surface area contributed by atoms with E-state index in [9.17, 15) is 8.78 Å². The van der Waals surface area contributed by atoms with Crippen LogP contribution in [0.15, 0.2) is 47.5 Å². The Balaban J connectivity index is 0.00000385. The van der Waals surface area contributed by atoms with Gasteiger partial charge >= 0.3 is 6.61 Å². The minimum atomic E-state index is -2.90. The lowest BCUT2D eigenvalue weighted by Gasteiger charge is -2.27. The van der Waals surface area contributed by atoms with Crippen molar-refractivity contribution in [2.24, 2.45) is 4.99 Å². The topological polar surface area (TPSA) is 67.4 Å². The number of aliphatic imine (C=N–C) groups is 1. The van der Waals surface area contributed by atoms with Crippen molar-refractivity contribution in [1.29, 1.82) is 0 Å². The molecule has 0 aliphatic carbocycles. The van der Waals surface area contributed by atoms with E-state index in [-0.39, 0.29) is 36.3 Å². The van der Waals surface area contributed by atoms with E-state index in [1.54, 1.807) is 19.2 Å². The van der Waals surface area contributed by atoms with Gasteiger partial charge in [0.2, 0.25) is 0 Å². The number of nitrogens with one attached hydrogen (secondary N) is 2. The van der Waals surface area contributed by atoms with Crippen molar-refractivity contribution in [3.8, 4) is 11.5 Å². The second-order valence-electron chi connectivity index (χ2n) is 7.29. The maximum Gasteiger partial charge on any atom is 0.387 e. The Hall–Kier alpha value is -2.18. The van der Waals surface area contributed by atoms with E-state index in [2.05, 4.69) is 37.4 Å². The number of methoxy groups -OCH3 is 1. The standard InChI is InChI=1S/C23H30F2N4O3.HI/c1-26-23(28-15-19-13-20(30-2)7-8-21(19)32-22(24)25)27-14-17-5-3-4-6-18(17)16-29-9-11-31-12-10-29;/h3-8,13,22H,9-12,14-16H2,1-2H3,(H2,26,27,28);1H. The number of halogens is 3. The van der Waals surface area contributed by atoms with Crippen LogP contribution in [0.1, 0.15) is 16.7 Å². The summed E-state index contributed by atoms with van der Waals surface area (Å²) in [6, 6.07) is 13.0. The number of rotatable bonds is 9. The van der Waals surface area contributed by atoms with E-state index < -0.39 is 6.61 Å². The number of guanidine groups is 1. The predicted molar refractivity (Wildman–Crippen MR) is 135 cm³/mol. The molecule has 0 radical (unpaired) electrons. The molecule has 10 heteroatoms. The van der Waals surface area contributed by atoms with Gasteiger partial charge in [-0.25, -0.2) is 0 Å². The third-order valence-corrected chi connectivity index (χ3v) is 5.22. The fraction of sp³-hybridized carbons (Fsp3) is 0.435. The second kappa shape index (κ2) is 14.2.